The predicted molar refractivity (Wildman–Crippen MR) is 51.8 cm³/mol. The standard InChI is InChI=1S/C10H10O2S/c1-7-4-5-8(12-7)10(11)9-3-2-6-13-9/h2-6,10-11H,1H3/t10-/m1/s1. The minimum Gasteiger partial charge on any atom is -0.463 e. The molecule has 2 heterocycles. The van der Waals surface area contributed by atoms with Crippen LogP contribution in [0.5, 0.6) is 0 Å². The SMILES string of the molecule is Cc1ccc([C@@H](O)c2cccs2)o1. The van der Waals surface area contributed by atoms with Gasteiger partial charge in [-0.1, -0.05) is 6.07 Å². The molecule has 2 nitrogen and oxygen atoms in total. The van der Waals surface area contributed by atoms with E-state index in [-0.39, 0.29) is 0 Å². The summed E-state index contributed by atoms with van der Waals surface area (Å²) in [5.74, 6) is 1.44. The second kappa shape index (κ2) is 3.36. The molecule has 3 heteroatoms. The molecule has 2 rings (SSSR count). The summed E-state index contributed by atoms with van der Waals surface area (Å²) in [6.07, 6.45) is -0.617. The molecular formula is C10H10O2S. The van der Waals surface area contributed by atoms with Gasteiger partial charge in [0.25, 0.3) is 0 Å². The molecule has 2 aromatic heterocycles. The van der Waals surface area contributed by atoms with Crippen molar-refractivity contribution < 1.29 is 9.52 Å². The molecule has 0 spiro atoms. The molecule has 0 bridgehead atoms. The summed E-state index contributed by atoms with van der Waals surface area (Å²) in [7, 11) is 0. The zero-order valence-corrected chi connectivity index (χ0v) is 8.04. The Morgan fingerprint density at radius 3 is 2.77 bits per heavy atom. The monoisotopic (exact) mass is 194 g/mol. The van der Waals surface area contributed by atoms with Crippen molar-refractivity contribution in [1.82, 2.24) is 0 Å². The summed E-state index contributed by atoms with van der Waals surface area (Å²) < 4.78 is 5.33. The fourth-order valence-corrected chi connectivity index (χ4v) is 1.90. The van der Waals surface area contributed by atoms with Crippen molar-refractivity contribution in [2.75, 3.05) is 0 Å². The molecule has 68 valence electrons. The van der Waals surface area contributed by atoms with Crippen molar-refractivity contribution in [2.45, 2.75) is 13.0 Å². The Labute approximate surface area is 80.4 Å². The molecule has 1 N–H and O–H groups in total. The van der Waals surface area contributed by atoms with Crippen LogP contribution in [0.3, 0.4) is 0 Å². The number of aryl methyl sites for hydroxylation is 1. The molecular weight excluding hydrogens is 184 g/mol. The van der Waals surface area contributed by atoms with Gasteiger partial charge in [0.2, 0.25) is 0 Å². The average molecular weight is 194 g/mol. The highest BCUT2D eigenvalue weighted by Crippen LogP contribution is 2.26. The molecule has 0 radical (unpaired) electrons. The minimum absolute atomic E-state index is 0.611. The molecule has 13 heavy (non-hydrogen) atoms. The van der Waals surface area contributed by atoms with Crippen LogP contribution < -0.4 is 0 Å². The van der Waals surface area contributed by atoms with Crippen molar-refractivity contribution in [1.29, 1.82) is 0 Å². The fraction of sp³-hybridized carbons (Fsp3) is 0.200. The molecule has 2 aromatic rings. The zero-order valence-electron chi connectivity index (χ0n) is 7.23. The van der Waals surface area contributed by atoms with Crippen molar-refractivity contribution in [3.63, 3.8) is 0 Å². The van der Waals surface area contributed by atoms with E-state index >= 15 is 0 Å². The van der Waals surface area contributed by atoms with Crippen LogP contribution in [0.15, 0.2) is 34.1 Å². The fourth-order valence-electron chi connectivity index (χ4n) is 1.19. The van der Waals surface area contributed by atoms with Gasteiger partial charge in [-0.15, -0.1) is 11.3 Å². The van der Waals surface area contributed by atoms with E-state index in [4.69, 9.17) is 4.42 Å². The molecule has 1 atom stereocenters. The van der Waals surface area contributed by atoms with E-state index in [0.29, 0.717) is 5.76 Å². The van der Waals surface area contributed by atoms with E-state index in [1.54, 1.807) is 6.07 Å². The van der Waals surface area contributed by atoms with Crippen LogP contribution >= 0.6 is 11.3 Å². The maximum atomic E-state index is 9.81. The topological polar surface area (TPSA) is 33.4 Å². The second-order valence-corrected chi connectivity index (χ2v) is 3.85. The predicted octanol–water partition coefficient (Wildman–Crippen LogP) is 2.73. The number of aliphatic hydroxyl groups excluding tert-OH is 1. The van der Waals surface area contributed by atoms with Gasteiger partial charge in [-0.3, -0.25) is 0 Å². The third kappa shape index (κ3) is 1.66. The molecule has 0 aliphatic heterocycles. The van der Waals surface area contributed by atoms with Crippen LogP contribution in [-0.4, -0.2) is 5.11 Å². The number of thiophene rings is 1. The molecule has 0 amide bonds. The van der Waals surface area contributed by atoms with Gasteiger partial charge >= 0.3 is 0 Å². The Morgan fingerprint density at radius 1 is 1.38 bits per heavy atom. The van der Waals surface area contributed by atoms with Gasteiger partial charge in [0.1, 0.15) is 17.6 Å². The first-order valence-corrected chi connectivity index (χ1v) is 4.93. The number of aliphatic hydroxyl groups is 1. The van der Waals surface area contributed by atoms with Crippen LogP contribution in [0.25, 0.3) is 0 Å². The second-order valence-electron chi connectivity index (χ2n) is 2.87. The van der Waals surface area contributed by atoms with E-state index in [9.17, 15) is 5.11 Å². The molecule has 0 aliphatic rings. The average Bonchev–Trinajstić information content (AvgIpc) is 2.72. The Kier molecular flexibility index (Phi) is 2.20. The van der Waals surface area contributed by atoms with Crippen molar-refractivity contribution in [2.24, 2.45) is 0 Å². The van der Waals surface area contributed by atoms with Crippen LogP contribution in [0, 0.1) is 6.92 Å². The largest absolute Gasteiger partial charge is 0.463 e. The summed E-state index contributed by atoms with van der Waals surface area (Å²) in [5, 5.41) is 11.7. The smallest absolute Gasteiger partial charge is 0.146 e. The third-order valence-corrected chi connectivity index (χ3v) is 2.77. The first-order valence-electron chi connectivity index (χ1n) is 4.05. The lowest BCUT2D eigenvalue weighted by Crippen LogP contribution is -1.93. The summed E-state index contributed by atoms with van der Waals surface area (Å²) >= 11 is 1.53. The highest BCUT2D eigenvalue weighted by atomic mass is 32.1. The number of hydrogen-bond donors (Lipinski definition) is 1. The molecule has 0 saturated heterocycles. The van der Waals surface area contributed by atoms with Gasteiger partial charge in [0, 0.05) is 4.88 Å². The lowest BCUT2D eigenvalue weighted by Gasteiger charge is -2.03. The van der Waals surface area contributed by atoms with Gasteiger partial charge in [-0.25, -0.2) is 0 Å². The van der Waals surface area contributed by atoms with Gasteiger partial charge in [0.05, 0.1) is 0 Å². The van der Waals surface area contributed by atoms with Crippen molar-refractivity contribution >= 4 is 11.3 Å². The molecule has 0 unspecified atom stereocenters. The van der Waals surface area contributed by atoms with E-state index in [1.165, 1.54) is 11.3 Å². The lowest BCUT2D eigenvalue weighted by atomic mass is 10.2. The Morgan fingerprint density at radius 2 is 2.23 bits per heavy atom. The Balaban J connectivity index is 2.28. The highest BCUT2D eigenvalue weighted by molar-refractivity contribution is 7.10. The molecule has 0 aliphatic carbocycles. The van der Waals surface area contributed by atoms with Crippen molar-refractivity contribution in [3.8, 4) is 0 Å². The van der Waals surface area contributed by atoms with Gasteiger partial charge in [-0.05, 0) is 30.5 Å². The molecule has 0 saturated carbocycles. The van der Waals surface area contributed by atoms with E-state index in [2.05, 4.69) is 0 Å². The van der Waals surface area contributed by atoms with E-state index in [0.717, 1.165) is 10.6 Å². The van der Waals surface area contributed by atoms with Gasteiger partial charge < -0.3 is 9.52 Å². The first kappa shape index (κ1) is 8.53. The zero-order chi connectivity index (χ0) is 9.26. The Hall–Kier alpha value is -1.06. The lowest BCUT2D eigenvalue weighted by molar-refractivity contribution is 0.191. The summed E-state index contributed by atoms with van der Waals surface area (Å²) in [6, 6.07) is 7.47. The van der Waals surface area contributed by atoms with Crippen LogP contribution in [0.2, 0.25) is 0 Å². The third-order valence-electron chi connectivity index (χ3n) is 1.84. The molecule has 0 fully saturated rings. The number of rotatable bonds is 2. The first-order chi connectivity index (χ1) is 6.27. The maximum absolute atomic E-state index is 9.81. The Bertz CT molecular complexity index is 375. The van der Waals surface area contributed by atoms with Gasteiger partial charge in [0.15, 0.2) is 0 Å². The summed E-state index contributed by atoms with van der Waals surface area (Å²) in [6.45, 7) is 1.87. The minimum atomic E-state index is -0.617. The van der Waals surface area contributed by atoms with E-state index in [1.807, 2.05) is 30.5 Å². The van der Waals surface area contributed by atoms with Crippen molar-refractivity contribution in [3.05, 3.63) is 46.0 Å². The van der Waals surface area contributed by atoms with Crippen LogP contribution in [-0.2, 0) is 0 Å². The number of hydrogen-bond acceptors (Lipinski definition) is 3. The van der Waals surface area contributed by atoms with Crippen LogP contribution in [0.4, 0.5) is 0 Å². The summed E-state index contributed by atoms with van der Waals surface area (Å²) in [5.41, 5.74) is 0. The van der Waals surface area contributed by atoms with Crippen LogP contribution in [0.1, 0.15) is 22.5 Å². The maximum Gasteiger partial charge on any atom is 0.146 e. The highest BCUT2D eigenvalue weighted by Gasteiger charge is 2.14. The quantitative estimate of drug-likeness (QED) is 0.797. The normalized spacial score (nSPS) is 13.1. The number of furan rings is 1. The summed E-state index contributed by atoms with van der Waals surface area (Å²) in [4.78, 5) is 0.911. The van der Waals surface area contributed by atoms with E-state index < -0.39 is 6.10 Å². The van der Waals surface area contributed by atoms with Gasteiger partial charge in [-0.2, -0.15) is 0 Å². The molecule has 0 aromatic carbocycles.